The number of allylic oxidation sites excluding steroid dienone is 1. The van der Waals surface area contributed by atoms with Crippen molar-refractivity contribution in [2.24, 2.45) is 5.41 Å². The molecule has 1 aliphatic heterocycles. The first kappa shape index (κ1) is 20.1. The zero-order chi connectivity index (χ0) is 20.1. The van der Waals surface area contributed by atoms with E-state index in [0.29, 0.717) is 24.1 Å². The van der Waals surface area contributed by atoms with E-state index in [1.807, 2.05) is 24.3 Å². The second kappa shape index (κ2) is 8.59. The van der Waals surface area contributed by atoms with Gasteiger partial charge in [0.05, 0.1) is 13.2 Å². The highest BCUT2D eigenvalue weighted by atomic mass is 16.5. The molecule has 1 amide bonds. The number of piperidine rings is 1. The molecule has 1 saturated heterocycles. The minimum atomic E-state index is -0.910. The van der Waals surface area contributed by atoms with Crippen molar-refractivity contribution in [3.63, 3.8) is 0 Å². The lowest BCUT2D eigenvalue weighted by atomic mass is 9.69. The monoisotopic (exact) mass is 385 g/mol. The van der Waals surface area contributed by atoms with Crippen LogP contribution in [-0.2, 0) is 23.9 Å². The van der Waals surface area contributed by atoms with Gasteiger partial charge in [0.2, 0.25) is 5.91 Å². The van der Waals surface area contributed by atoms with Gasteiger partial charge in [0.15, 0.2) is 6.04 Å². The molecule has 1 heterocycles. The molecule has 0 saturated carbocycles. The van der Waals surface area contributed by atoms with Crippen LogP contribution in [-0.4, -0.2) is 36.0 Å². The van der Waals surface area contributed by atoms with Gasteiger partial charge in [0.25, 0.3) is 0 Å². The molecule has 0 spiro atoms. The second-order valence-corrected chi connectivity index (χ2v) is 7.11. The Morgan fingerprint density at radius 3 is 2.50 bits per heavy atom. The third-order valence-electron chi connectivity index (χ3n) is 5.48. The van der Waals surface area contributed by atoms with Crippen LogP contribution < -0.4 is 0 Å². The Labute approximate surface area is 165 Å². The number of amides is 1. The normalized spacial score (nSPS) is 22.7. The summed E-state index contributed by atoms with van der Waals surface area (Å²) in [6.07, 6.45) is 4.75. The largest absolute Gasteiger partial charge is 0.465 e. The Hall–Kier alpha value is -2.63. The third kappa shape index (κ3) is 3.55. The molecule has 28 heavy (non-hydrogen) atoms. The molecule has 1 aliphatic carbocycles. The van der Waals surface area contributed by atoms with E-state index in [4.69, 9.17) is 9.47 Å². The van der Waals surface area contributed by atoms with Crippen LogP contribution in [0.25, 0.3) is 0 Å². The summed E-state index contributed by atoms with van der Waals surface area (Å²) >= 11 is 0. The fourth-order valence-electron chi connectivity index (χ4n) is 4.23. The molecule has 0 bridgehead atoms. The van der Waals surface area contributed by atoms with Crippen molar-refractivity contribution >= 4 is 17.8 Å². The molecular formula is C22H27NO5. The molecule has 150 valence electrons. The number of fused-ring (bicyclic) bond motifs is 1. The van der Waals surface area contributed by atoms with Gasteiger partial charge in [0, 0.05) is 12.1 Å². The SMILES string of the molecule is CCOC(=O)[C@@H](c1ccccc1)N1C(=O)CC[C@@]2(C(=O)OCC)CCCC=C12. The van der Waals surface area contributed by atoms with E-state index in [-0.39, 0.29) is 31.5 Å². The summed E-state index contributed by atoms with van der Waals surface area (Å²) in [6, 6.07) is 8.20. The molecule has 0 radical (unpaired) electrons. The summed E-state index contributed by atoms with van der Waals surface area (Å²) in [5, 5.41) is 0. The Morgan fingerprint density at radius 2 is 1.82 bits per heavy atom. The number of esters is 2. The van der Waals surface area contributed by atoms with Crippen molar-refractivity contribution in [3.8, 4) is 0 Å². The van der Waals surface area contributed by atoms with Gasteiger partial charge in [-0.15, -0.1) is 0 Å². The number of likely N-dealkylation sites (tertiary alicyclic amines) is 1. The number of rotatable bonds is 6. The average molecular weight is 385 g/mol. The number of benzene rings is 1. The van der Waals surface area contributed by atoms with E-state index in [2.05, 4.69) is 0 Å². The molecule has 1 aromatic carbocycles. The first-order valence-electron chi connectivity index (χ1n) is 9.96. The molecular weight excluding hydrogens is 358 g/mol. The maximum Gasteiger partial charge on any atom is 0.333 e. The van der Waals surface area contributed by atoms with Gasteiger partial charge in [-0.05, 0) is 45.1 Å². The van der Waals surface area contributed by atoms with Crippen LogP contribution in [0.5, 0.6) is 0 Å². The van der Waals surface area contributed by atoms with Gasteiger partial charge in [-0.2, -0.15) is 0 Å². The zero-order valence-electron chi connectivity index (χ0n) is 16.5. The van der Waals surface area contributed by atoms with Gasteiger partial charge < -0.3 is 9.47 Å². The highest BCUT2D eigenvalue weighted by molar-refractivity contribution is 5.92. The zero-order valence-corrected chi connectivity index (χ0v) is 16.5. The molecule has 2 aliphatic rings. The van der Waals surface area contributed by atoms with Gasteiger partial charge in [-0.3, -0.25) is 14.5 Å². The van der Waals surface area contributed by atoms with Crippen LogP contribution in [0.15, 0.2) is 42.1 Å². The van der Waals surface area contributed by atoms with Gasteiger partial charge in [-0.25, -0.2) is 4.79 Å². The smallest absolute Gasteiger partial charge is 0.333 e. The Balaban J connectivity index is 2.10. The molecule has 6 heteroatoms. The number of carbonyl (C=O) groups excluding carboxylic acids is 3. The van der Waals surface area contributed by atoms with Gasteiger partial charge in [0.1, 0.15) is 5.41 Å². The lowest BCUT2D eigenvalue weighted by Gasteiger charge is -2.47. The Morgan fingerprint density at radius 1 is 1.11 bits per heavy atom. The van der Waals surface area contributed by atoms with Crippen LogP contribution in [0, 0.1) is 5.41 Å². The summed E-state index contributed by atoms with van der Waals surface area (Å²) < 4.78 is 10.7. The minimum absolute atomic E-state index is 0.171. The molecule has 0 unspecified atom stereocenters. The lowest BCUT2D eigenvalue weighted by molar-refractivity contribution is -0.164. The van der Waals surface area contributed by atoms with Crippen LogP contribution in [0.2, 0.25) is 0 Å². The first-order chi connectivity index (χ1) is 13.5. The van der Waals surface area contributed by atoms with E-state index in [1.165, 1.54) is 4.90 Å². The predicted molar refractivity (Wildman–Crippen MR) is 103 cm³/mol. The van der Waals surface area contributed by atoms with Crippen LogP contribution in [0.1, 0.15) is 57.6 Å². The van der Waals surface area contributed by atoms with Crippen molar-refractivity contribution in [1.29, 1.82) is 0 Å². The van der Waals surface area contributed by atoms with E-state index in [0.717, 1.165) is 12.8 Å². The molecule has 0 N–H and O–H groups in total. The standard InChI is InChI=1S/C22H27NO5/c1-3-27-20(25)19(16-10-6-5-7-11-16)23-17-12-8-9-14-22(17,15-13-18(23)24)21(26)28-4-2/h5-7,10-12,19H,3-4,8-9,13-15H2,1-2H3/t19-,22+/m1/s1. The maximum absolute atomic E-state index is 13.0. The fourth-order valence-corrected chi connectivity index (χ4v) is 4.23. The van der Waals surface area contributed by atoms with Crippen molar-refractivity contribution < 1.29 is 23.9 Å². The number of hydrogen-bond donors (Lipinski definition) is 0. The van der Waals surface area contributed by atoms with E-state index >= 15 is 0 Å². The first-order valence-corrected chi connectivity index (χ1v) is 9.96. The summed E-state index contributed by atoms with van der Waals surface area (Å²) in [5.74, 6) is -0.975. The summed E-state index contributed by atoms with van der Waals surface area (Å²) in [7, 11) is 0. The second-order valence-electron chi connectivity index (χ2n) is 7.11. The lowest BCUT2D eigenvalue weighted by Crippen LogP contribution is -2.52. The van der Waals surface area contributed by atoms with Crippen molar-refractivity contribution in [3.05, 3.63) is 47.7 Å². The topological polar surface area (TPSA) is 72.9 Å². The van der Waals surface area contributed by atoms with E-state index < -0.39 is 17.4 Å². The highest BCUT2D eigenvalue weighted by Crippen LogP contribution is 2.50. The van der Waals surface area contributed by atoms with Gasteiger partial charge >= 0.3 is 11.9 Å². The summed E-state index contributed by atoms with van der Waals surface area (Å²) in [6.45, 7) is 4.01. The van der Waals surface area contributed by atoms with E-state index in [9.17, 15) is 14.4 Å². The Bertz CT molecular complexity index is 772. The average Bonchev–Trinajstić information content (AvgIpc) is 2.71. The quantitative estimate of drug-likeness (QED) is 0.701. The Kier molecular flexibility index (Phi) is 6.17. The maximum atomic E-state index is 13.0. The molecule has 6 nitrogen and oxygen atoms in total. The number of ether oxygens (including phenoxy) is 2. The highest BCUT2D eigenvalue weighted by Gasteiger charge is 2.53. The molecule has 0 aromatic heterocycles. The van der Waals surface area contributed by atoms with Crippen molar-refractivity contribution in [2.45, 2.75) is 52.0 Å². The molecule has 1 aromatic rings. The van der Waals surface area contributed by atoms with Crippen molar-refractivity contribution in [2.75, 3.05) is 13.2 Å². The minimum Gasteiger partial charge on any atom is -0.465 e. The van der Waals surface area contributed by atoms with Crippen molar-refractivity contribution in [1.82, 2.24) is 4.90 Å². The van der Waals surface area contributed by atoms with E-state index in [1.54, 1.807) is 26.0 Å². The number of carbonyl (C=O) groups is 3. The van der Waals surface area contributed by atoms with Crippen LogP contribution in [0.3, 0.4) is 0 Å². The fraction of sp³-hybridized carbons (Fsp3) is 0.500. The third-order valence-corrected chi connectivity index (χ3v) is 5.48. The molecule has 3 rings (SSSR count). The summed E-state index contributed by atoms with van der Waals surface area (Å²) in [4.78, 5) is 40.4. The number of nitrogens with zero attached hydrogens (tertiary/aromatic N) is 1. The molecule has 1 fully saturated rings. The number of hydrogen-bond acceptors (Lipinski definition) is 5. The summed E-state index contributed by atoms with van der Waals surface area (Å²) in [5.41, 5.74) is 0.387. The van der Waals surface area contributed by atoms with Gasteiger partial charge in [-0.1, -0.05) is 36.4 Å². The molecule has 2 atom stereocenters. The van der Waals surface area contributed by atoms with Crippen LogP contribution in [0.4, 0.5) is 0 Å². The predicted octanol–water partition coefficient (Wildman–Crippen LogP) is 3.53. The van der Waals surface area contributed by atoms with Crippen LogP contribution >= 0.6 is 0 Å².